The first-order chi connectivity index (χ1) is 10.6. The Labute approximate surface area is 127 Å². The number of carbonyl (C=O) groups excluding carboxylic acids is 2. The van der Waals surface area contributed by atoms with Crippen LogP contribution in [0.5, 0.6) is 0 Å². The summed E-state index contributed by atoms with van der Waals surface area (Å²) in [4.78, 5) is 30.3. The molecule has 2 amide bonds. The van der Waals surface area contributed by atoms with Crippen LogP contribution in [0.1, 0.15) is 26.5 Å². The summed E-state index contributed by atoms with van der Waals surface area (Å²) in [5.74, 6) is 1.92. The van der Waals surface area contributed by atoms with Gasteiger partial charge < -0.3 is 10.2 Å². The Kier molecular flexibility index (Phi) is 3.39. The molecule has 2 aromatic rings. The van der Waals surface area contributed by atoms with E-state index in [9.17, 15) is 9.59 Å². The molecule has 2 heterocycles. The maximum atomic E-state index is 12.4. The molecule has 3 rings (SSSR count). The first-order valence-corrected chi connectivity index (χ1v) is 6.76. The van der Waals surface area contributed by atoms with Crippen LogP contribution in [-0.4, -0.2) is 39.9 Å². The molecule has 1 N–H and O–H groups in total. The summed E-state index contributed by atoms with van der Waals surface area (Å²) in [6.07, 6.45) is 6.71. The molecule has 0 unspecified atom stereocenters. The first kappa shape index (κ1) is 13.9. The third kappa shape index (κ3) is 2.13. The summed E-state index contributed by atoms with van der Waals surface area (Å²) < 4.78 is 1.78. The van der Waals surface area contributed by atoms with E-state index in [2.05, 4.69) is 16.2 Å². The number of nitrogens with one attached hydrogen (secondary N) is 1. The number of terminal acetylenes is 1. The maximum absolute atomic E-state index is 12.4. The highest BCUT2D eigenvalue weighted by atomic mass is 16.2. The van der Waals surface area contributed by atoms with Gasteiger partial charge in [0.1, 0.15) is 6.33 Å². The van der Waals surface area contributed by atoms with Gasteiger partial charge in [-0.05, 0) is 12.1 Å². The second kappa shape index (κ2) is 5.37. The van der Waals surface area contributed by atoms with E-state index in [1.165, 1.54) is 0 Å². The molecule has 110 valence electrons. The van der Waals surface area contributed by atoms with Crippen LogP contribution in [0.2, 0.25) is 0 Å². The van der Waals surface area contributed by atoms with Gasteiger partial charge in [0.25, 0.3) is 11.8 Å². The van der Waals surface area contributed by atoms with Gasteiger partial charge in [-0.25, -0.2) is 4.98 Å². The van der Waals surface area contributed by atoms with E-state index >= 15 is 0 Å². The number of hydrogen-bond donors (Lipinski definition) is 1. The second-order valence-electron chi connectivity index (χ2n) is 4.98. The highest BCUT2D eigenvalue weighted by Crippen LogP contribution is 2.25. The molecule has 0 spiro atoms. The second-order valence-corrected chi connectivity index (χ2v) is 4.98. The molecule has 0 fully saturated rings. The molecule has 1 aromatic heterocycles. The molecule has 6 nitrogen and oxygen atoms in total. The Hall–Kier alpha value is -3.07. The van der Waals surface area contributed by atoms with Gasteiger partial charge in [-0.15, -0.1) is 6.42 Å². The number of para-hydroxylation sites is 1. The van der Waals surface area contributed by atoms with E-state index in [-0.39, 0.29) is 24.1 Å². The lowest BCUT2D eigenvalue weighted by molar-refractivity contribution is 0.0785. The molecule has 1 aliphatic rings. The molecule has 0 bridgehead atoms. The maximum Gasteiger partial charge on any atom is 0.272 e. The molecule has 6 heteroatoms. The van der Waals surface area contributed by atoms with Crippen LogP contribution in [0.25, 0.3) is 5.69 Å². The SMILES string of the molecule is C#CCNC(=O)c1ncn2c1CN(C)C(=O)c1ccccc1-2. The number of benzene rings is 1. The summed E-state index contributed by atoms with van der Waals surface area (Å²) in [6, 6.07) is 7.26. The number of rotatable bonds is 2. The molecule has 0 saturated carbocycles. The van der Waals surface area contributed by atoms with Crippen molar-refractivity contribution in [1.82, 2.24) is 19.8 Å². The van der Waals surface area contributed by atoms with Gasteiger partial charge in [0, 0.05) is 7.05 Å². The van der Waals surface area contributed by atoms with E-state index in [1.54, 1.807) is 28.9 Å². The Bertz CT molecular complexity index is 801. The van der Waals surface area contributed by atoms with Crippen molar-refractivity contribution in [2.75, 3.05) is 13.6 Å². The van der Waals surface area contributed by atoms with Crippen molar-refractivity contribution in [3.8, 4) is 18.0 Å². The fourth-order valence-corrected chi connectivity index (χ4v) is 2.50. The Morgan fingerprint density at radius 2 is 2.23 bits per heavy atom. The highest BCUT2D eigenvalue weighted by Gasteiger charge is 2.27. The summed E-state index contributed by atoms with van der Waals surface area (Å²) in [6.45, 7) is 0.433. The number of fused-ring (bicyclic) bond motifs is 3. The third-order valence-electron chi connectivity index (χ3n) is 3.56. The standard InChI is InChI=1S/C16H14N4O2/c1-3-8-17-15(21)14-13-9-19(2)16(22)11-6-4-5-7-12(11)20(13)10-18-14/h1,4-7,10H,8-9H2,2H3,(H,17,21). The molecule has 22 heavy (non-hydrogen) atoms. The lowest BCUT2D eigenvalue weighted by Crippen LogP contribution is -2.28. The van der Waals surface area contributed by atoms with E-state index in [0.29, 0.717) is 17.8 Å². The fourth-order valence-electron chi connectivity index (χ4n) is 2.50. The van der Waals surface area contributed by atoms with Crippen LogP contribution < -0.4 is 5.32 Å². The topological polar surface area (TPSA) is 67.2 Å². The Balaban J connectivity index is 2.12. The minimum absolute atomic E-state index is 0.0886. The molecule has 0 aliphatic carbocycles. The zero-order valence-corrected chi connectivity index (χ0v) is 12.0. The zero-order chi connectivity index (χ0) is 15.7. The Morgan fingerprint density at radius 3 is 3.00 bits per heavy atom. The van der Waals surface area contributed by atoms with Gasteiger partial charge >= 0.3 is 0 Å². The van der Waals surface area contributed by atoms with Gasteiger partial charge in [0.05, 0.1) is 30.0 Å². The van der Waals surface area contributed by atoms with Crippen molar-refractivity contribution in [3.63, 3.8) is 0 Å². The van der Waals surface area contributed by atoms with Gasteiger partial charge in [-0.1, -0.05) is 18.1 Å². The monoisotopic (exact) mass is 294 g/mol. The summed E-state index contributed by atoms with van der Waals surface area (Å²) in [5, 5.41) is 2.60. The predicted octanol–water partition coefficient (Wildman–Crippen LogP) is 0.821. The van der Waals surface area contributed by atoms with Crippen LogP contribution in [0.3, 0.4) is 0 Å². The number of amides is 2. The number of imidazole rings is 1. The molecular weight excluding hydrogens is 280 g/mol. The van der Waals surface area contributed by atoms with Crippen molar-refractivity contribution >= 4 is 11.8 Å². The summed E-state index contributed by atoms with van der Waals surface area (Å²) in [7, 11) is 1.70. The van der Waals surface area contributed by atoms with Gasteiger partial charge in [-0.3, -0.25) is 14.2 Å². The summed E-state index contributed by atoms with van der Waals surface area (Å²) >= 11 is 0. The van der Waals surface area contributed by atoms with Crippen molar-refractivity contribution in [2.45, 2.75) is 6.54 Å². The highest BCUT2D eigenvalue weighted by molar-refractivity contribution is 5.99. The fraction of sp³-hybridized carbons (Fsp3) is 0.188. The number of carbonyl (C=O) groups is 2. The average molecular weight is 294 g/mol. The number of nitrogens with zero attached hydrogens (tertiary/aromatic N) is 3. The van der Waals surface area contributed by atoms with Crippen LogP contribution in [0, 0.1) is 12.3 Å². The zero-order valence-electron chi connectivity index (χ0n) is 12.0. The van der Waals surface area contributed by atoms with E-state index < -0.39 is 0 Å². The van der Waals surface area contributed by atoms with Crippen molar-refractivity contribution in [1.29, 1.82) is 0 Å². The van der Waals surface area contributed by atoms with Crippen molar-refractivity contribution < 1.29 is 9.59 Å². The quantitative estimate of drug-likeness (QED) is 0.834. The lowest BCUT2D eigenvalue weighted by atomic mass is 10.1. The average Bonchev–Trinajstić information content (AvgIpc) is 2.91. The van der Waals surface area contributed by atoms with Gasteiger partial charge in [0.2, 0.25) is 0 Å². The van der Waals surface area contributed by atoms with Gasteiger partial charge in [-0.2, -0.15) is 0 Å². The smallest absolute Gasteiger partial charge is 0.272 e. The minimum atomic E-state index is -0.341. The van der Waals surface area contributed by atoms with Crippen molar-refractivity contribution in [3.05, 3.63) is 47.5 Å². The van der Waals surface area contributed by atoms with E-state index in [4.69, 9.17) is 6.42 Å². The number of aromatic nitrogens is 2. The molecule has 1 aromatic carbocycles. The molecule has 0 atom stereocenters. The molecule has 0 saturated heterocycles. The largest absolute Gasteiger partial charge is 0.340 e. The Morgan fingerprint density at radius 1 is 1.45 bits per heavy atom. The first-order valence-electron chi connectivity index (χ1n) is 6.76. The minimum Gasteiger partial charge on any atom is -0.340 e. The third-order valence-corrected chi connectivity index (χ3v) is 3.56. The normalized spacial score (nSPS) is 12.9. The molecular formula is C16H14N4O2. The van der Waals surface area contributed by atoms with Crippen LogP contribution >= 0.6 is 0 Å². The lowest BCUT2D eigenvalue weighted by Gasteiger charge is -2.14. The van der Waals surface area contributed by atoms with E-state index in [0.717, 1.165) is 5.69 Å². The molecule has 1 aliphatic heterocycles. The number of hydrogen-bond acceptors (Lipinski definition) is 3. The van der Waals surface area contributed by atoms with Gasteiger partial charge in [0.15, 0.2) is 5.69 Å². The van der Waals surface area contributed by atoms with Crippen LogP contribution in [-0.2, 0) is 6.54 Å². The van der Waals surface area contributed by atoms with Crippen molar-refractivity contribution in [2.24, 2.45) is 0 Å². The molecule has 0 radical (unpaired) electrons. The predicted molar refractivity (Wildman–Crippen MR) is 80.5 cm³/mol. The van der Waals surface area contributed by atoms with E-state index in [1.807, 2.05) is 18.2 Å². The van der Waals surface area contributed by atoms with Crippen LogP contribution in [0.15, 0.2) is 30.6 Å². The summed E-state index contributed by atoms with van der Waals surface area (Å²) in [5.41, 5.74) is 2.24. The van der Waals surface area contributed by atoms with Crippen LogP contribution in [0.4, 0.5) is 0 Å².